The number of amides is 1. The number of carbonyl (C=O) groups excluding carboxylic acids is 1. The summed E-state index contributed by atoms with van der Waals surface area (Å²) in [7, 11) is 3.88. The molecule has 0 fully saturated rings. The summed E-state index contributed by atoms with van der Waals surface area (Å²) in [5.41, 5.74) is 3.19. The van der Waals surface area contributed by atoms with Crippen molar-refractivity contribution in [2.75, 3.05) is 32.1 Å². The normalized spacial score (nSPS) is 11.9. The van der Waals surface area contributed by atoms with E-state index in [1.165, 1.54) is 12.1 Å². The molecule has 40 heavy (non-hydrogen) atoms. The van der Waals surface area contributed by atoms with E-state index in [1.807, 2.05) is 48.6 Å². The van der Waals surface area contributed by atoms with Crippen molar-refractivity contribution in [3.05, 3.63) is 89.4 Å². The van der Waals surface area contributed by atoms with Gasteiger partial charge in [-0.1, -0.05) is 0 Å². The van der Waals surface area contributed by atoms with Gasteiger partial charge in [0, 0.05) is 44.0 Å². The monoisotopic (exact) mass is 580 g/mol. The van der Waals surface area contributed by atoms with Crippen LogP contribution >= 0.6 is 0 Å². The maximum Gasteiger partial charge on any atom is 0.257 e. The fourth-order valence-corrected chi connectivity index (χ4v) is 4.08. The van der Waals surface area contributed by atoms with Gasteiger partial charge in [-0.25, -0.2) is 31.1 Å². The molecule has 2 N–H and O–H groups in total. The molecule has 0 bridgehead atoms. The number of hydroxylamine groups is 1. The summed E-state index contributed by atoms with van der Waals surface area (Å²) in [5, 5.41) is 1.98. The Hall–Kier alpha value is -4.14. The minimum atomic E-state index is -2.37. The second-order valence-corrected chi connectivity index (χ2v) is 9.52. The van der Waals surface area contributed by atoms with Crippen LogP contribution in [-0.4, -0.2) is 42.3 Å². The van der Waals surface area contributed by atoms with Crippen LogP contribution in [-0.2, 0) is 15.4 Å². The molecule has 0 aliphatic rings. The SMILES string of the molecule is CN(C)c1ccc(-c2cnc(-c3ccc(S(=O)ONCCNC(=O)c4c(F)c(F)c(F)c(F)c4F)cc3)o2)cc1. The molecule has 0 saturated heterocycles. The number of carbonyl (C=O) groups is 1. The Morgan fingerprint density at radius 1 is 0.875 bits per heavy atom. The molecule has 4 aromatic rings. The molecule has 1 aromatic heterocycles. The summed E-state index contributed by atoms with van der Waals surface area (Å²) in [6.07, 6.45) is 1.60. The van der Waals surface area contributed by atoms with Crippen LogP contribution < -0.4 is 15.7 Å². The van der Waals surface area contributed by atoms with Crippen molar-refractivity contribution in [3.63, 3.8) is 0 Å². The molecular formula is C26H21F5N4O4S. The Kier molecular flexibility index (Phi) is 8.92. The van der Waals surface area contributed by atoms with E-state index in [4.69, 9.17) is 8.70 Å². The lowest BCUT2D eigenvalue weighted by Gasteiger charge is -2.11. The highest BCUT2D eigenvalue weighted by Gasteiger charge is 2.29. The van der Waals surface area contributed by atoms with Gasteiger partial charge in [-0.05, 0) is 48.5 Å². The van der Waals surface area contributed by atoms with E-state index in [-0.39, 0.29) is 18.0 Å². The van der Waals surface area contributed by atoms with Gasteiger partial charge in [-0.3, -0.25) is 4.79 Å². The zero-order valence-corrected chi connectivity index (χ0v) is 21.8. The molecule has 1 atom stereocenters. The number of nitrogens with one attached hydrogen (secondary N) is 2. The zero-order valence-electron chi connectivity index (χ0n) is 20.9. The molecule has 1 heterocycles. The molecule has 0 aliphatic heterocycles. The number of anilines is 1. The quantitative estimate of drug-likeness (QED) is 0.0920. The average Bonchev–Trinajstić information content (AvgIpc) is 3.45. The fraction of sp³-hybridized carbons (Fsp3) is 0.154. The van der Waals surface area contributed by atoms with E-state index < -0.39 is 51.6 Å². The van der Waals surface area contributed by atoms with E-state index in [1.54, 1.807) is 18.3 Å². The number of oxazole rings is 1. The van der Waals surface area contributed by atoms with Gasteiger partial charge in [0.05, 0.1) is 11.1 Å². The predicted octanol–water partition coefficient (Wildman–Crippen LogP) is 4.74. The topological polar surface area (TPSA) is 96.7 Å². The first-order chi connectivity index (χ1) is 19.1. The van der Waals surface area contributed by atoms with Gasteiger partial charge in [-0.2, -0.15) is 9.76 Å². The molecule has 8 nitrogen and oxygen atoms in total. The molecule has 14 heteroatoms. The summed E-state index contributed by atoms with van der Waals surface area (Å²) in [6.45, 7) is -0.557. The van der Waals surface area contributed by atoms with Gasteiger partial charge in [-0.15, -0.1) is 0 Å². The molecule has 4 rings (SSSR count). The molecule has 3 aromatic carbocycles. The van der Waals surface area contributed by atoms with Crippen molar-refractivity contribution >= 4 is 22.7 Å². The van der Waals surface area contributed by atoms with Crippen LogP contribution in [0, 0.1) is 29.1 Å². The molecule has 1 amide bonds. The number of hydrogen-bond acceptors (Lipinski definition) is 7. The van der Waals surface area contributed by atoms with E-state index in [0.717, 1.165) is 11.3 Å². The number of nitrogens with zero attached hydrogens (tertiary/aromatic N) is 2. The van der Waals surface area contributed by atoms with Crippen molar-refractivity contribution in [2.45, 2.75) is 4.90 Å². The highest BCUT2D eigenvalue weighted by Crippen LogP contribution is 2.28. The van der Waals surface area contributed by atoms with Crippen molar-refractivity contribution < 1.29 is 39.7 Å². The number of hydrogen-bond donors (Lipinski definition) is 2. The van der Waals surface area contributed by atoms with Gasteiger partial charge < -0.3 is 14.6 Å². The summed E-state index contributed by atoms with van der Waals surface area (Å²) in [5.74, 6) is -11.9. The van der Waals surface area contributed by atoms with E-state index in [0.29, 0.717) is 17.2 Å². The first kappa shape index (κ1) is 28.9. The summed E-state index contributed by atoms with van der Waals surface area (Å²) in [4.78, 5) is 18.4. The third-order valence-electron chi connectivity index (χ3n) is 5.55. The highest BCUT2D eigenvalue weighted by atomic mass is 32.2. The average molecular weight is 581 g/mol. The molecular weight excluding hydrogens is 559 g/mol. The van der Waals surface area contributed by atoms with Gasteiger partial charge in [0.2, 0.25) is 22.8 Å². The largest absolute Gasteiger partial charge is 0.436 e. The fourth-order valence-electron chi connectivity index (χ4n) is 3.44. The van der Waals surface area contributed by atoms with Crippen LogP contribution in [0.3, 0.4) is 0 Å². The molecule has 210 valence electrons. The number of rotatable bonds is 10. The second kappa shape index (κ2) is 12.4. The number of benzene rings is 3. The predicted molar refractivity (Wildman–Crippen MR) is 136 cm³/mol. The Morgan fingerprint density at radius 3 is 2.05 bits per heavy atom. The maximum atomic E-state index is 13.7. The van der Waals surface area contributed by atoms with E-state index in [9.17, 15) is 31.0 Å². The van der Waals surface area contributed by atoms with Crippen LogP contribution in [0.1, 0.15) is 10.4 Å². The minimum absolute atomic E-state index is 0.209. The van der Waals surface area contributed by atoms with Gasteiger partial charge in [0.1, 0.15) is 5.56 Å². The maximum absolute atomic E-state index is 13.7. The Bertz CT molecular complexity index is 1520. The van der Waals surface area contributed by atoms with Crippen molar-refractivity contribution in [1.82, 2.24) is 15.8 Å². The summed E-state index contributed by atoms with van der Waals surface area (Å²) >= 11 is -1.98. The molecule has 0 radical (unpaired) electrons. The van der Waals surface area contributed by atoms with Crippen LogP contribution in [0.5, 0.6) is 0 Å². The Balaban J connectivity index is 1.27. The van der Waals surface area contributed by atoms with Gasteiger partial charge >= 0.3 is 0 Å². The standard InChI is InChI=1S/C26H21F5N4O4S/c1-35(2)16-7-3-14(4-8-16)18-13-33-26(38-18)15-5-9-17(10-6-15)40(37)39-34-12-11-32-25(36)19-20(27)22(29)24(31)23(30)21(19)28/h3-10,13,34H,11-12H2,1-2H3,(H,32,36). The Labute approximate surface area is 227 Å². The van der Waals surface area contributed by atoms with Crippen LogP contribution in [0.15, 0.2) is 64.0 Å². The molecule has 0 saturated carbocycles. The minimum Gasteiger partial charge on any atom is -0.436 e. The lowest BCUT2D eigenvalue weighted by atomic mass is 10.1. The van der Waals surface area contributed by atoms with Crippen LogP contribution in [0.4, 0.5) is 27.6 Å². The van der Waals surface area contributed by atoms with Crippen LogP contribution in [0.25, 0.3) is 22.8 Å². The van der Waals surface area contributed by atoms with E-state index in [2.05, 4.69) is 10.5 Å². The van der Waals surface area contributed by atoms with Crippen LogP contribution in [0.2, 0.25) is 0 Å². The van der Waals surface area contributed by atoms with Gasteiger partial charge in [0.25, 0.3) is 5.91 Å². The Morgan fingerprint density at radius 2 is 1.45 bits per heavy atom. The number of halogens is 5. The smallest absolute Gasteiger partial charge is 0.257 e. The highest BCUT2D eigenvalue weighted by molar-refractivity contribution is 7.80. The zero-order chi connectivity index (χ0) is 29.0. The number of aromatic nitrogens is 1. The molecule has 1 unspecified atom stereocenters. The van der Waals surface area contributed by atoms with Crippen molar-refractivity contribution in [3.8, 4) is 22.8 Å². The third kappa shape index (κ3) is 6.19. The second-order valence-electron chi connectivity index (χ2n) is 8.41. The summed E-state index contributed by atoms with van der Waals surface area (Å²) < 4.78 is 90.2. The van der Waals surface area contributed by atoms with Crippen molar-refractivity contribution in [2.24, 2.45) is 0 Å². The van der Waals surface area contributed by atoms with E-state index >= 15 is 0 Å². The first-order valence-electron chi connectivity index (χ1n) is 11.5. The molecule has 0 aliphatic carbocycles. The third-order valence-corrected chi connectivity index (χ3v) is 6.48. The first-order valence-corrected chi connectivity index (χ1v) is 12.6. The summed E-state index contributed by atoms with van der Waals surface area (Å²) in [6, 6.07) is 14.0. The lowest BCUT2D eigenvalue weighted by molar-refractivity contribution is 0.0938. The molecule has 0 spiro atoms. The lowest BCUT2D eigenvalue weighted by Crippen LogP contribution is -2.33. The van der Waals surface area contributed by atoms with Gasteiger partial charge in [0.15, 0.2) is 29.0 Å². The van der Waals surface area contributed by atoms with Crippen molar-refractivity contribution in [1.29, 1.82) is 0 Å².